The number of benzene rings is 1. The van der Waals surface area contributed by atoms with Gasteiger partial charge >= 0.3 is 0 Å². The summed E-state index contributed by atoms with van der Waals surface area (Å²) in [4.78, 5) is 8.23. The van der Waals surface area contributed by atoms with Crippen LogP contribution in [0.2, 0.25) is 5.15 Å². The van der Waals surface area contributed by atoms with Crippen LogP contribution in [-0.4, -0.2) is 16.6 Å². The van der Waals surface area contributed by atoms with Gasteiger partial charge in [0.25, 0.3) is 0 Å². The van der Waals surface area contributed by atoms with Gasteiger partial charge in [0.15, 0.2) is 0 Å². The lowest BCUT2D eigenvalue weighted by molar-refractivity contribution is 0.274. The largest absolute Gasteiger partial charge is 0.493 e. The van der Waals surface area contributed by atoms with E-state index in [2.05, 4.69) is 21.4 Å². The van der Waals surface area contributed by atoms with Gasteiger partial charge in [-0.3, -0.25) is 0 Å². The summed E-state index contributed by atoms with van der Waals surface area (Å²) in [7, 11) is 0. The minimum absolute atomic E-state index is 0.189. The van der Waals surface area contributed by atoms with Crippen LogP contribution in [0, 0.1) is 6.92 Å². The van der Waals surface area contributed by atoms with Gasteiger partial charge in [-0.05, 0) is 13.0 Å². The van der Waals surface area contributed by atoms with Crippen molar-refractivity contribution in [3.05, 3.63) is 46.9 Å². The molecule has 1 aliphatic rings. The molecule has 19 heavy (non-hydrogen) atoms. The molecule has 98 valence electrons. The third-order valence-electron chi connectivity index (χ3n) is 3.29. The number of rotatable bonds is 2. The molecule has 1 unspecified atom stereocenters. The van der Waals surface area contributed by atoms with Gasteiger partial charge in [-0.1, -0.05) is 29.8 Å². The summed E-state index contributed by atoms with van der Waals surface area (Å²) >= 11 is 6.02. The van der Waals surface area contributed by atoms with E-state index >= 15 is 0 Å². The van der Waals surface area contributed by atoms with E-state index in [4.69, 9.17) is 16.3 Å². The van der Waals surface area contributed by atoms with Gasteiger partial charge in [0.05, 0.1) is 12.6 Å². The Labute approximate surface area is 116 Å². The van der Waals surface area contributed by atoms with E-state index in [9.17, 15) is 0 Å². The molecule has 1 atom stereocenters. The summed E-state index contributed by atoms with van der Waals surface area (Å²) in [5.41, 5.74) is 2.02. The van der Waals surface area contributed by atoms with Gasteiger partial charge in [-0.15, -0.1) is 0 Å². The van der Waals surface area contributed by atoms with E-state index in [1.165, 1.54) is 6.33 Å². The molecule has 1 N–H and O–H groups in total. The van der Waals surface area contributed by atoms with Gasteiger partial charge in [-0.2, -0.15) is 0 Å². The molecular weight excluding hydrogens is 262 g/mol. The monoisotopic (exact) mass is 275 g/mol. The van der Waals surface area contributed by atoms with Gasteiger partial charge in [0, 0.05) is 17.5 Å². The molecule has 1 aliphatic heterocycles. The van der Waals surface area contributed by atoms with Gasteiger partial charge < -0.3 is 10.1 Å². The first-order valence-corrected chi connectivity index (χ1v) is 6.59. The number of aromatic nitrogens is 2. The molecule has 0 aliphatic carbocycles. The van der Waals surface area contributed by atoms with Crippen LogP contribution in [0.4, 0.5) is 5.82 Å². The average Bonchev–Trinajstić information content (AvgIpc) is 2.44. The van der Waals surface area contributed by atoms with E-state index in [1.807, 2.05) is 25.1 Å². The van der Waals surface area contributed by atoms with Crippen molar-refractivity contribution < 1.29 is 4.74 Å². The minimum atomic E-state index is 0.189. The van der Waals surface area contributed by atoms with Gasteiger partial charge in [0.2, 0.25) is 0 Å². The summed E-state index contributed by atoms with van der Waals surface area (Å²) in [6, 6.07) is 8.25. The quantitative estimate of drug-likeness (QED) is 0.854. The molecule has 2 aromatic rings. The second-order valence-electron chi connectivity index (χ2n) is 4.51. The van der Waals surface area contributed by atoms with Crippen LogP contribution in [0.15, 0.2) is 30.6 Å². The predicted octanol–water partition coefficient (Wildman–Crippen LogP) is 3.37. The lowest BCUT2D eigenvalue weighted by Crippen LogP contribution is -2.21. The Bertz CT molecular complexity index is 603. The number of halogens is 1. The molecule has 0 fully saturated rings. The van der Waals surface area contributed by atoms with Crippen molar-refractivity contribution in [2.24, 2.45) is 0 Å². The minimum Gasteiger partial charge on any atom is -0.493 e. The van der Waals surface area contributed by atoms with Crippen LogP contribution < -0.4 is 10.1 Å². The molecule has 1 aromatic carbocycles. The fourth-order valence-corrected chi connectivity index (χ4v) is 2.36. The maximum absolute atomic E-state index is 6.02. The Kier molecular flexibility index (Phi) is 3.25. The zero-order chi connectivity index (χ0) is 13.2. The first-order valence-electron chi connectivity index (χ1n) is 6.21. The van der Waals surface area contributed by atoms with Crippen LogP contribution in [0.25, 0.3) is 0 Å². The number of hydrogen-bond donors (Lipinski definition) is 1. The zero-order valence-electron chi connectivity index (χ0n) is 10.6. The van der Waals surface area contributed by atoms with Gasteiger partial charge in [-0.25, -0.2) is 9.97 Å². The van der Waals surface area contributed by atoms with E-state index in [0.717, 1.165) is 29.1 Å². The predicted molar refractivity (Wildman–Crippen MR) is 74.7 cm³/mol. The van der Waals surface area contributed by atoms with Crippen molar-refractivity contribution in [3.63, 3.8) is 0 Å². The molecule has 0 amide bonds. The number of nitrogens with one attached hydrogen (secondary N) is 1. The molecule has 2 heterocycles. The van der Waals surface area contributed by atoms with Crippen LogP contribution in [0.5, 0.6) is 5.75 Å². The molecule has 1 aromatic heterocycles. The molecule has 0 spiro atoms. The van der Waals surface area contributed by atoms with Crippen molar-refractivity contribution in [2.75, 3.05) is 11.9 Å². The zero-order valence-corrected chi connectivity index (χ0v) is 11.3. The van der Waals surface area contributed by atoms with Crippen molar-refractivity contribution in [2.45, 2.75) is 19.4 Å². The average molecular weight is 276 g/mol. The maximum atomic E-state index is 6.02. The standard InChI is InChI=1S/C14H14ClN3O/c1-9-13(15)16-8-17-14(9)18-11-6-7-19-12-5-3-2-4-10(11)12/h2-5,8,11H,6-7H2,1H3,(H,16,17,18). The van der Waals surface area contributed by atoms with Crippen LogP contribution in [-0.2, 0) is 0 Å². The highest BCUT2D eigenvalue weighted by Gasteiger charge is 2.22. The highest BCUT2D eigenvalue weighted by atomic mass is 35.5. The maximum Gasteiger partial charge on any atom is 0.137 e. The number of para-hydroxylation sites is 1. The second-order valence-corrected chi connectivity index (χ2v) is 4.87. The highest BCUT2D eigenvalue weighted by Crippen LogP contribution is 2.34. The molecule has 3 rings (SSSR count). The van der Waals surface area contributed by atoms with Gasteiger partial charge in [0.1, 0.15) is 23.0 Å². The fourth-order valence-electron chi connectivity index (χ4n) is 2.23. The molecule has 0 bridgehead atoms. The lowest BCUT2D eigenvalue weighted by Gasteiger charge is -2.27. The molecular formula is C14H14ClN3O. The number of anilines is 1. The third kappa shape index (κ3) is 2.36. The van der Waals surface area contributed by atoms with Crippen LogP contribution in [0.3, 0.4) is 0 Å². The molecule has 0 radical (unpaired) electrons. The smallest absolute Gasteiger partial charge is 0.137 e. The van der Waals surface area contributed by atoms with Crippen molar-refractivity contribution in [1.29, 1.82) is 0 Å². The number of nitrogens with zero attached hydrogens (tertiary/aromatic N) is 2. The van der Waals surface area contributed by atoms with Crippen molar-refractivity contribution >= 4 is 17.4 Å². The number of hydrogen-bond acceptors (Lipinski definition) is 4. The van der Waals surface area contributed by atoms with E-state index in [0.29, 0.717) is 11.8 Å². The van der Waals surface area contributed by atoms with E-state index in [-0.39, 0.29) is 6.04 Å². The summed E-state index contributed by atoms with van der Waals surface area (Å²) in [5.74, 6) is 1.71. The van der Waals surface area contributed by atoms with E-state index < -0.39 is 0 Å². The first-order chi connectivity index (χ1) is 9.25. The van der Waals surface area contributed by atoms with E-state index in [1.54, 1.807) is 0 Å². The lowest BCUT2D eigenvalue weighted by atomic mass is 10.0. The van der Waals surface area contributed by atoms with Crippen LogP contribution in [0.1, 0.15) is 23.6 Å². The number of ether oxygens (including phenoxy) is 1. The summed E-state index contributed by atoms with van der Waals surface area (Å²) in [5, 5.41) is 3.91. The fraction of sp³-hybridized carbons (Fsp3) is 0.286. The number of fused-ring (bicyclic) bond motifs is 1. The SMILES string of the molecule is Cc1c(Cl)ncnc1NC1CCOc2ccccc21. The first kappa shape index (κ1) is 12.2. The summed E-state index contributed by atoms with van der Waals surface area (Å²) in [6.07, 6.45) is 2.38. The summed E-state index contributed by atoms with van der Waals surface area (Å²) < 4.78 is 5.65. The molecule has 0 saturated carbocycles. The van der Waals surface area contributed by atoms with Crippen LogP contribution >= 0.6 is 11.6 Å². The Hall–Kier alpha value is -1.81. The Balaban J connectivity index is 1.91. The van der Waals surface area contributed by atoms with Crippen molar-refractivity contribution in [1.82, 2.24) is 9.97 Å². The normalized spacial score (nSPS) is 17.5. The highest BCUT2D eigenvalue weighted by molar-refractivity contribution is 6.30. The molecule has 5 heteroatoms. The third-order valence-corrected chi connectivity index (χ3v) is 3.67. The van der Waals surface area contributed by atoms with Crippen molar-refractivity contribution in [3.8, 4) is 5.75 Å². The second kappa shape index (κ2) is 5.05. The molecule has 0 saturated heterocycles. The Morgan fingerprint density at radius 2 is 2.16 bits per heavy atom. The summed E-state index contributed by atoms with van der Waals surface area (Å²) in [6.45, 7) is 2.61. The Morgan fingerprint density at radius 3 is 3.05 bits per heavy atom. The Morgan fingerprint density at radius 1 is 1.32 bits per heavy atom. The topological polar surface area (TPSA) is 47.0 Å². The molecule has 4 nitrogen and oxygen atoms in total.